The number of ether oxygens (including phenoxy) is 1. The third-order valence-corrected chi connectivity index (χ3v) is 3.67. The Balaban J connectivity index is 1.65. The molecule has 20 heavy (non-hydrogen) atoms. The molecule has 2 fully saturated rings. The molecule has 0 aromatic carbocycles. The molecule has 6 nitrogen and oxygen atoms in total. The number of hydrogen-bond donors (Lipinski definition) is 3. The van der Waals surface area contributed by atoms with Crippen LogP contribution in [0.5, 0.6) is 0 Å². The first kappa shape index (κ1) is 13.6. The van der Waals surface area contributed by atoms with E-state index in [1.54, 1.807) is 0 Å². The average molecular weight is 278 g/mol. The number of aliphatic hydroxyl groups is 1. The molecule has 6 heteroatoms. The monoisotopic (exact) mass is 278 g/mol. The third kappa shape index (κ3) is 3.58. The molecule has 1 saturated heterocycles. The Morgan fingerprint density at radius 3 is 2.85 bits per heavy atom. The fourth-order valence-corrected chi connectivity index (χ4v) is 2.42. The normalized spacial score (nSPS) is 21.9. The van der Waals surface area contributed by atoms with Crippen LogP contribution >= 0.6 is 0 Å². The van der Waals surface area contributed by atoms with Crippen LogP contribution in [0.4, 0.5) is 11.8 Å². The van der Waals surface area contributed by atoms with Gasteiger partial charge in [0, 0.05) is 31.7 Å². The fraction of sp³-hybridized carbons (Fsp3) is 0.714. The van der Waals surface area contributed by atoms with Gasteiger partial charge in [0.2, 0.25) is 5.95 Å². The number of rotatable bonds is 7. The third-order valence-electron chi connectivity index (χ3n) is 3.67. The van der Waals surface area contributed by atoms with E-state index in [0.29, 0.717) is 24.5 Å². The van der Waals surface area contributed by atoms with Crippen molar-refractivity contribution in [1.29, 1.82) is 0 Å². The van der Waals surface area contributed by atoms with Crippen LogP contribution in [0.2, 0.25) is 0 Å². The lowest BCUT2D eigenvalue weighted by Gasteiger charge is -2.13. The lowest BCUT2D eigenvalue weighted by Crippen LogP contribution is -2.19. The van der Waals surface area contributed by atoms with Gasteiger partial charge >= 0.3 is 0 Å². The van der Waals surface area contributed by atoms with Gasteiger partial charge in [-0.2, -0.15) is 4.98 Å². The zero-order chi connectivity index (χ0) is 13.8. The summed E-state index contributed by atoms with van der Waals surface area (Å²) in [4.78, 5) is 8.95. The van der Waals surface area contributed by atoms with Crippen molar-refractivity contribution in [2.24, 2.45) is 0 Å². The minimum Gasteiger partial charge on any atom is -0.395 e. The number of aliphatic hydroxyl groups excluding tert-OH is 1. The van der Waals surface area contributed by atoms with Crippen molar-refractivity contribution in [1.82, 2.24) is 9.97 Å². The summed E-state index contributed by atoms with van der Waals surface area (Å²) in [5.41, 5.74) is 1.09. The van der Waals surface area contributed by atoms with E-state index in [0.717, 1.165) is 37.5 Å². The zero-order valence-corrected chi connectivity index (χ0v) is 11.6. The van der Waals surface area contributed by atoms with Gasteiger partial charge in [0.15, 0.2) is 0 Å². The molecular weight excluding hydrogens is 256 g/mol. The number of nitrogens with zero attached hydrogens (tertiary/aromatic N) is 2. The predicted octanol–water partition coefficient (Wildman–Crippen LogP) is 1.35. The second kappa shape index (κ2) is 6.37. The van der Waals surface area contributed by atoms with Crippen LogP contribution in [0.25, 0.3) is 0 Å². The quantitative estimate of drug-likeness (QED) is 0.698. The van der Waals surface area contributed by atoms with Gasteiger partial charge in [-0.15, -0.1) is 0 Å². The Kier molecular flexibility index (Phi) is 4.32. The molecule has 1 saturated carbocycles. The molecule has 0 spiro atoms. The minimum absolute atomic E-state index is 0.0791. The fourth-order valence-electron chi connectivity index (χ4n) is 2.42. The van der Waals surface area contributed by atoms with Gasteiger partial charge < -0.3 is 20.5 Å². The topological polar surface area (TPSA) is 79.3 Å². The first-order valence-electron chi connectivity index (χ1n) is 7.44. The van der Waals surface area contributed by atoms with Crippen LogP contribution in [0.1, 0.15) is 37.3 Å². The van der Waals surface area contributed by atoms with E-state index in [9.17, 15) is 0 Å². The van der Waals surface area contributed by atoms with Gasteiger partial charge in [-0.1, -0.05) is 0 Å². The summed E-state index contributed by atoms with van der Waals surface area (Å²) in [5, 5.41) is 15.3. The molecule has 1 atom stereocenters. The van der Waals surface area contributed by atoms with Crippen molar-refractivity contribution in [3.63, 3.8) is 0 Å². The first-order valence-corrected chi connectivity index (χ1v) is 7.44. The van der Waals surface area contributed by atoms with E-state index in [4.69, 9.17) is 9.84 Å². The van der Waals surface area contributed by atoms with Crippen LogP contribution < -0.4 is 10.6 Å². The van der Waals surface area contributed by atoms with Crippen molar-refractivity contribution < 1.29 is 9.84 Å². The maximum atomic E-state index is 8.88. The standard InChI is InChI=1S/C14H22N4O2/c19-6-5-15-14-17-12(10-3-4-10)8-13(18-14)16-9-11-2-1-7-20-11/h8,10-11,19H,1-7,9H2,(H2,15,16,17,18)/t11-/m1/s1. The van der Waals surface area contributed by atoms with Gasteiger partial charge in [0.25, 0.3) is 0 Å². The highest BCUT2D eigenvalue weighted by atomic mass is 16.5. The van der Waals surface area contributed by atoms with Crippen molar-refractivity contribution in [3.05, 3.63) is 11.8 Å². The van der Waals surface area contributed by atoms with Crippen LogP contribution in [0.15, 0.2) is 6.07 Å². The van der Waals surface area contributed by atoms with Crippen molar-refractivity contribution in [2.75, 3.05) is 36.9 Å². The smallest absolute Gasteiger partial charge is 0.224 e. The molecule has 0 bridgehead atoms. The Hall–Kier alpha value is -1.40. The lowest BCUT2D eigenvalue weighted by molar-refractivity contribution is 0.120. The highest BCUT2D eigenvalue weighted by Gasteiger charge is 2.26. The molecular formula is C14H22N4O2. The van der Waals surface area contributed by atoms with Gasteiger partial charge in [0.1, 0.15) is 5.82 Å². The van der Waals surface area contributed by atoms with E-state index in [1.165, 1.54) is 12.8 Å². The average Bonchev–Trinajstić information content (AvgIpc) is 3.20. The van der Waals surface area contributed by atoms with Crippen molar-refractivity contribution in [2.45, 2.75) is 37.7 Å². The summed E-state index contributed by atoms with van der Waals surface area (Å²) < 4.78 is 5.61. The SMILES string of the molecule is OCCNc1nc(NC[C@H]2CCCO2)cc(C2CC2)n1. The Labute approximate surface area is 119 Å². The summed E-state index contributed by atoms with van der Waals surface area (Å²) in [6.45, 7) is 2.21. The van der Waals surface area contributed by atoms with Gasteiger partial charge in [-0.25, -0.2) is 4.98 Å². The number of anilines is 2. The maximum absolute atomic E-state index is 8.88. The van der Waals surface area contributed by atoms with E-state index in [2.05, 4.69) is 20.6 Å². The van der Waals surface area contributed by atoms with Gasteiger partial charge in [-0.05, 0) is 25.7 Å². The maximum Gasteiger partial charge on any atom is 0.224 e. The first-order chi connectivity index (χ1) is 9.85. The second-order valence-corrected chi connectivity index (χ2v) is 5.44. The lowest BCUT2D eigenvalue weighted by atomic mass is 10.2. The molecule has 1 aliphatic carbocycles. The highest BCUT2D eigenvalue weighted by Crippen LogP contribution is 2.39. The largest absolute Gasteiger partial charge is 0.395 e. The molecule has 2 aliphatic rings. The summed E-state index contributed by atoms with van der Waals surface area (Å²) >= 11 is 0. The summed E-state index contributed by atoms with van der Waals surface area (Å²) in [6.07, 6.45) is 4.97. The van der Waals surface area contributed by atoms with Gasteiger partial charge in [0.05, 0.1) is 18.4 Å². The Morgan fingerprint density at radius 1 is 1.25 bits per heavy atom. The molecule has 2 heterocycles. The molecule has 1 aliphatic heterocycles. The van der Waals surface area contributed by atoms with Crippen LogP contribution in [-0.2, 0) is 4.74 Å². The van der Waals surface area contributed by atoms with E-state index < -0.39 is 0 Å². The summed E-state index contributed by atoms with van der Waals surface area (Å²) in [5.74, 6) is 2.02. The van der Waals surface area contributed by atoms with Crippen LogP contribution in [0.3, 0.4) is 0 Å². The number of hydrogen-bond acceptors (Lipinski definition) is 6. The van der Waals surface area contributed by atoms with Gasteiger partial charge in [-0.3, -0.25) is 0 Å². The minimum atomic E-state index is 0.0791. The molecule has 3 N–H and O–H groups in total. The van der Waals surface area contributed by atoms with Crippen molar-refractivity contribution >= 4 is 11.8 Å². The Bertz CT molecular complexity index is 445. The predicted molar refractivity (Wildman–Crippen MR) is 77.0 cm³/mol. The Morgan fingerprint density at radius 2 is 2.15 bits per heavy atom. The summed E-state index contributed by atoms with van der Waals surface area (Å²) in [6, 6.07) is 2.04. The molecule has 1 aromatic rings. The second-order valence-electron chi connectivity index (χ2n) is 5.44. The van der Waals surface area contributed by atoms with Crippen LogP contribution in [-0.4, -0.2) is 47.5 Å². The molecule has 3 rings (SSSR count). The van der Waals surface area contributed by atoms with E-state index >= 15 is 0 Å². The van der Waals surface area contributed by atoms with E-state index in [-0.39, 0.29) is 6.61 Å². The van der Waals surface area contributed by atoms with Crippen LogP contribution in [0, 0.1) is 0 Å². The van der Waals surface area contributed by atoms with Crippen molar-refractivity contribution in [3.8, 4) is 0 Å². The molecule has 0 unspecified atom stereocenters. The molecule has 1 aromatic heterocycles. The van der Waals surface area contributed by atoms with E-state index in [1.807, 2.05) is 6.07 Å². The highest BCUT2D eigenvalue weighted by molar-refractivity contribution is 5.44. The number of aromatic nitrogens is 2. The molecule has 0 radical (unpaired) electrons. The zero-order valence-electron chi connectivity index (χ0n) is 11.6. The molecule has 0 amide bonds. The number of nitrogens with one attached hydrogen (secondary N) is 2. The molecule has 110 valence electrons. The summed E-state index contributed by atoms with van der Waals surface area (Å²) in [7, 11) is 0.